The van der Waals surface area contributed by atoms with Crippen molar-refractivity contribution in [3.63, 3.8) is 0 Å². The number of ether oxygens (including phenoxy) is 2. The van der Waals surface area contributed by atoms with E-state index in [-0.39, 0.29) is 19.1 Å². The molecule has 0 aromatic heterocycles. The van der Waals surface area contributed by atoms with Gasteiger partial charge in [0.25, 0.3) is 0 Å². The second kappa shape index (κ2) is 14.9. The number of amides is 4. The Labute approximate surface area is 242 Å². The minimum Gasteiger partial charge on any atom is -0.481 e. The molecule has 0 fully saturated rings. The Hall–Kier alpha value is -3.51. The fourth-order valence-corrected chi connectivity index (χ4v) is 4.37. The quantitative estimate of drug-likeness (QED) is 0.217. The molecule has 0 aliphatic carbocycles. The van der Waals surface area contributed by atoms with E-state index in [1.807, 2.05) is 20.8 Å². The number of carbonyl (C=O) groups is 5. The first-order valence-electron chi connectivity index (χ1n) is 13.7. The van der Waals surface area contributed by atoms with Crippen molar-refractivity contribution < 1.29 is 38.6 Å². The van der Waals surface area contributed by atoms with Crippen LogP contribution >= 0.6 is 0 Å². The van der Waals surface area contributed by atoms with Crippen LogP contribution in [-0.2, 0) is 38.9 Å². The Morgan fingerprint density at radius 3 is 1.93 bits per heavy atom. The zero-order valence-electron chi connectivity index (χ0n) is 25.8. The highest BCUT2D eigenvalue weighted by Crippen LogP contribution is 2.32. The van der Waals surface area contributed by atoms with E-state index in [4.69, 9.17) is 9.47 Å². The van der Waals surface area contributed by atoms with E-state index in [1.165, 1.54) is 18.7 Å². The fraction of sp³-hybridized carbons (Fsp3) is 0.621. The SMILES string of the molecule is CCOC(OCC)[C@H](CC(=O)O)N(C(=O)[C@H](C)NC(=O)C(=O)Nc1cc(NC(C)=O)ccc1C(C)(C)C)C(C)(C)C. The van der Waals surface area contributed by atoms with E-state index in [2.05, 4.69) is 16.0 Å². The summed E-state index contributed by atoms with van der Waals surface area (Å²) in [5.41, 5.74) is 0.202. The molecule has 0 saturated carbocycles. The Balaban J connectivity index is 3.27. The number of nitrogens with one attached hydrogen (secondary N) is 3. The summed E-state index contributed by atoms with van der Waals surface area (Å²) < 4.78 is 11.3. The molecule has 12 nitrogen and oxygen atoms in total. The lowest BCUT2D eigenvalue weighted by Crippen LogP contribution is -2.62. The van der Waals surface area contributed by atoms with Gasteiger partial charge in [0.05, 0.1) is 12.5 Å². The summed E-state index contributed by atoms with van der Waals surface area (Å²) in [6.07, 6.45) is -1.49. The number of rotatable bonds is 12. The van der Waals surface area contributed by atoms with Gasteiger partial charge in [-0.3, -0.25) is 24.0 Å². The summed E-state index contributed by atoms with van der Waals surface area (Å²) in [7, 11) is 0. The normalized spacial score (nSPS) is 13.2. The molecule has 0 bridgehead atoms. The first kappa shape index (κ1) is 35.5. The number of hydrogen-bond donors (Lipinski definition) is 4. The molecule has 41 heavy (non-hydrogen) atoms. The van der Waals surface area contributed by atoms with Crippen LogP contribution in [0, 0.1) is 0 Å². The second-order valence-corrected chi connectivity index (χ2v) is 11.7. The van der Waals surface area contributed by atoms with E-state index in [9.17, 15) is 29.1 Å². The Morgan fingerprint density at radius 1 is 0.927 bits per heavy atom. The maximum Gasteiger partial charge on any atom is 0.313 e. The predicted octanol–water partition coefficient (Wildman–Crippen LogP) is 3.26. The van der Waals surface area contributed by atoms with Gasteiger partial charge in [0.15, 0.2) is 6.29 Å². The summed E-state index contributed by atoms with van der Waals surface area (Å²) >= 11 is 0. The summed E-state index contributed by atoms with van der Waals surface area (Å²) in [4.78, 5) is 64.2. The van der Waals surface area contributed by atoms with Gasteiger partial charge in [0.2, 0.25) is 11.8 Å². The van der Waals surface area contributed by atoms with Gasteiger partial charge in [-0.1, -0.05) is 26.8 Å². The van der Waals surface area contributed by atoms with Crippen LogP contribution in [0.5, 0.6) is 0 Å². The van der Waals surface area contributed by atoms with Crippen LogP contribution < -0.4 is 16.0 Å². The Bertz CT molecular complexity index is 1100. The number of carboxylic acids is 1. The van der Waals surface area contributed by atoms with Gasteiger partial charge in [-0.05, 0) is 64.7 Å². The first-order chi connectivity index (χ1) is 18.8. The first-order valence-corrected chi connectivity index (χ1v) is 13.7. The lowest BCUT2D eigenvalue weighted by Gasteiger charge is -2.45. The van der Waals surface area contributed by atoms with Crippen LogP contribution in [0.1, 0.15) is 81.2 Å². The van der Waals surface area contributed by atoms with Crippen molar-refractivity contribution in [3.8, 4) is 0 Å². The summed E-state index contributed by atoms with van der Waals surface area (Å²) in [6.45, 7) is 17.7. The molecule has 0 radical (unpaired) electrons. The Kier molecular flexibility index (Phi) is 12.9. The van der Waals surface area contributed by atoms with Crippen molar-refractivity contribution in [1.29, 1.82) is 0 Å². The molecule has 4 N–H and O–H groups in total. The third-order valence-electron chi connectivity index (χ3n) is 5.97. The van der Waals surface area contributed by atoms with E-state index in [1.54, 1.807) is 52.8 Å². The minimum absolute atomic E-state index is 0.221. The van der Waals surface area contributed by atoms with E-state index >= 15 is 0 Å². The summed E-state index contributed by atoms with van der Waals surface area (Å²) in [5.74, 6) is -4.14. The van der Waals surface area contributed by atoms with Crippen molar-refractivity contribution in [2.24, 2.45) is 0 Å². The maximum absolute atomic E-state index is 13.7. The zero-order chi connectivity index (χ0) is 31.7. The van der Waals surface area contributed by atoms with Crippen LogP contribution in [0.3, 0.4) is 0 Å². The third-order valence-corrected chi connectivity index (χ3v) is 5.97. The highest BCUT2D eigenvalue weighted by molar-refractivity contribution is 6.40. The van der Waals surface area contributed by atoms with Crippen LogP contribution in [0.4, 0.5) is 11.4 Å². The number of aliphatic carboxylic acids is 1. The molecule has 1 rings (SSSR count). The topological polar surface area (TPSA) is 163 Å². The number of nitrogens with zero attached hydrogens (tertiary/aromatic N) is 1. The van der Waals surface area contributed by atoms with Gasteiger partial charge >= 0.3 is 17.8 Å². The van der Waals surface area contributed by atoms with Crippen molar-refractivity contribution >= 4 is 41.0 Å². The molecule has 0 saturated heterocycles. The molecule has 4 amide bonds. The predicted molar refractivity (Wildman–Crippen MR) is 155 cm³/mol. The molecular formula is C29H46N4O8. The van der Waals surface area contributed by atoms with Crippen LogP contribution in [0.25, 0.3) is 0 Å². The maximum atomic E-state index is 13.7. The molecule has 230 valence electrons. The molecule has 1 aromatic rings. The smallest absolute Gasteiger partial charge is 0.313 e. The van der Waals surface area contributed by atoms with E-state index in [0.717, 1.165) is 5.56 Å². The van der Waals surface area contributed by atoms with Crippen molar-refractivity contribution in [2.75, 3.05) is 23.8 Å². The fourth-order valence-electron chi connectivity index (χ4n) is 4.37. The second-order valence-electron chi connectivity index (χ2n) is 11.7. The van der Waals surface area contributed by atoms with E-state index < -0.39 is 59.4 Å². The molecule has 1 aromatic carbocycles. The number of benzene rings is 1. The van der Waals surface area contributed by atoms with Crippen LogP contribution in [0.2, 0.25) is 0 Å². The molecular weight excluding hydrogens is 532 g/mol. The third kappa shape index (κ3) is 10.8. The van der Waals surface area contributed by atoms with Crippen molar-refractivity contribution in [3.05, 3.63) is 23.8 Å². The van der Waals surface area contributed by atoms with E-state index in [0.29, 0.717) is 11.4 Å². The van der Waals surface area contributed by atoms with Gasteiger partial charge in [0, 0.05) is 37.1 Å². The summed E-state index contributed by atoms with van der Waals surface area (Å²) in [5, 5.41) is 17.3. The van der Waals surface area contributed by atoms with Gasteiger partial charge < -0.3 is 35.4 Å². The number of carboxylic acid groups (broad SMARTS) is 1. The van der Waals surface area contributed by atoms with Gasteiger partial charge in [-0.2, -0.15) is 0 Å². The molecule has 0 aliphatic heterocycles. The van der Waals surface area contributed by atoms with Gasteiger partial charge in [0.1, 0.15) is 6.04 Å². The molecule has 2 atom stereocenters. The number of carbonyl (C=O) groups excluding carboxylic acids is 4. The lowest BCUT2D eigenvalue weighted by molar-refractivity contribution is -0.194. The highest BCUT2D eigenvalue weighted by atomic mass is 16.7. The minimum atomic E-state index is -1.19. The monoisotopic (exact) mass is 578 g/mol. The van der Waals surface area contributed by atoms with Crippen molar-refractivity contribution in [1.82, 2.24) is 10.2 Å². The standard InChI is InChI=1S/C29H46N4O8/c1-11-40-27(41-12-2)22(16-23(35)36)33(29(8,9)10)26(39)17(3)30-24(37)25(38)32-21-15-19(31-18(4)34)13-14-20(21)28(5,6)7/h13-15,17,22,27H,11-12,16H2,1-10H3,(H,30,37)(H,31,34)(H,32,38)(H,35,36)/t17-,22-/m0/s1. The average Bonchev–Trinajstić information content (AvgIpc) is 2.81. The van der Waals surface area contributed by atoms with Gasteiger partial charge in [-0.25, -0.2) is 0 Å². The summed E-state index contributed by atoms with van der Waals surface area (Å²) in [6, 6.07) is 2.80. The molecule has 0 aliphatic rings. The highest BCUT2D eigenvalue weighted by Gasteiger charge is 2.42. The zero-order valence-corrected chi connectivity index (χ0v) is 25.8. The molecule has 0 spiro atoms. The number of anilines is 2. The van der Waals surface area contributed by atoms with Crippen LogP contribution in [-0.4, -0.2) is 76.7 Å². The van der Waals surface area contributed by atoms with Crippen LogP contribution in [0.15, 0.2) is 18.2 Å². The number of hydrogen-bond acceptors (Lipinski definition) is 7. The van der Waals surface area contributed by atoms with Crippen molar-refractivity contribution in [2.45, 2.75) is 105 Å². The lowest BCUT2D eigenvalue weighted by atomic mass is 9.85. The Morgan fingerprint density at radius 2 is 1.49 bits per heavy atom. The molecule has 12 heteroatoms. The average molecular weight is 579 g/mol. The largest absolute Gasteiger partial charge is 0.481 e. The van der Waals surface area contributed by atoms with Gasteiger partial charge in [-0.15, -0.1) is 0 Å². The molecule has 0 heterocycles. The molecule has 0 unspecified atom stereocenters.